The predicted octanol–water partition coefficient (Wildman–Crippen LogP) is 3.98. The van der Waals surface area contributed by atoms with Crippen molar-refractivity contribution in [2.24, 2.45) is 0 Å². The predicted molar refractivity (Wildman–Crippen MR) is 96.4 cm³/mol. The van der Waals surface area contributed by atoms with Crippen molar-refractivity contribution in [2.75, 3.05) is 17.7 Å². The van der Waals surface area contributed by atoms with E-state index in [2.05, 4.69) is 15.0 Å². The van der Waals surface area contributed by atoms with Gasteiger partial charge in [0.05, 0.1) is 21.4 Å². The normalized spacial score (nSPS) is 11.7. The van der Waals surface area contributed by atoms with Crippen LogP contribution in [-0.4, -0.2) is 29.4 Å². The van der Waals surface area contributed by atoms with Gasteiger partial charge in [-0.25, -0.2) is 4.79 Å². The minimum atomic E-state index is -1.02. The summed E-state index contributed by atoms with van der Waals surface area (Å²) in [5.74, 6) is -1.13. The van der Waals surface area contributed by atoms with E-state index in [1.807, 2.05) is 0 Å². The first-order valence-corrected chi connectivity index (χ1v) is 8.48. The Kier molecular flexibility index (Phi) is 6.04. The Morgan fingerprint density at radius 3 is 2.71 bits per heavy atom. The summed E-state index contributed by atoms with van der Waals surface area (Å²) in [6.45, 7) is 3.17. The molecular formula is C15H15Cl2N3O3S. The number of carbonyl (C=O) groups excluding carboxylic acids is 2. The average Bonchev–Trinajstić information content (AvgIpc) is 2.92. The van der Waals surface area contributed by atoms with Gasteiger partial charge in [-0.05, 0) is 37.5 Å². The quantitative estimate of drug-likeness (QED) is 0.758. The monoisotopic (exact) mass is 387 g/mol. The molecule has 2 rings (SSSR count). The van der Waals surface area contributed by atoms with Crippen molar-refractivity contribution in [3.8, 4) is 0 Å². The molecule has 0 radical (unpaired) electrons. The number of halogens is 2. The molecule has 6 nitrogen and oxygen atoms in total. The zero-order valence-corrected chi connectivity index (χ0v) is 15.5. The fourth-order valence-electron chi connectivity index (χ4n) is 1.89. The SMILES string of the molecule is CNc1snc(C)c1C(=O)OC(C)C(=O)Nc1cccc(Cl)c1Cl. The van der Waals surface area contributed by atoms with Crippen molar-refractivity contribution >= 4 is 57.3 Å². The molecule has 0 fully saturated rings. The Balaban J connectivity index is 2.07. The number of hydrogen-bond donors (Lipinski definition) is 2. The second-order valence-corrected chi connectivity index (χ2v) is 6.42. The second kappa shape index (κ2) is 7.83. The first kappa shape index (κ1) is 18.5. The number of ether oxygens (including phenoxy) is 1. The third kappa shape index (κ3) is 3.98. The van der Waals surface area contributed by atoms with E-state index in [9.17, 15) is 9.59 Å². The highest BCUT2D eigenvalue weighted by atomic mass is 35.5. The summed E-state index contributed by atoms with van der Waals surface area (Å²) in [6.07, 6.45) is -1.02. The van der Waals surface area contributed by atoms with Gasteiger partial charge in [-0.2, -0.15) is 4.37 Å². The molecule has 1 aromatic carbocycles. The Bertz CT molecular complexity index is 779. The van der Waals surface area contributed by atoms with Gasteiger partial charge in [-0.1, -0.05) is 29.3 Å². The van der Waals surface area contributed by atoms with Crippen LogP contribution in [0.5, 0.6) is 0 Å². The van der Waals surface area contributed by atoms with Crippen LogP contribution in [0.25, 0.3) is 0 Å². The Morgan fingerprint density at radius 2 is 2.04 bits per heavy atom. The van der Waals surface area contributed by atoms with Gasteiger partial charge < -0.3 is 15.4 Å². The molecule has 0 aliphatic rings. The van der Waals surface area contributed by atoms with Crippen molar-refractivity contribution in [1.82, 2.24) is 4.37 Å². The highest BCUT2D eigenvalue weighted by molar-refractivity contribution is 7.10. The third-order valence-electron chi connectivity index (χ3n) is 3.16. The van der Waals surface area contributed by atoms with E-state index in [1.54, 1.807) is 32.2 Å². The number of nitrogens with one attached hydrogen (secondary N) is 2. The van der Waals surface area contributed by atoms with Gasteiger partial charge in [0.25, 0.3) is 5.91 Å². The van der Waals surface area contributed by atoms with E-state index < -0.39 is 18.0 Å². The smallest absolute Gasteiger partial charge is 0.343 e. The molecule has 1 heterocycles. The molecule has 0 bridgehead atoms. The lowest BCUT2D eigenvalue weighted by Crippen LogP contribution is -2.30. The third-order valence-corrected chi connectivity index (χ3v) is 4.93. The molecule has 0 aliphatic heterocycles. The van der Waals surface area contributed by atoms with Crippen LogP contribution in [-0.2, 0) is 9.53 Å². The lowest BCUT2D eigenvalue weighted by atomic mass is 10.2. The number of benzene rings is 1. The van der Waals surface area contributed by atoms with Crippen LogP contribution in [0.3, 0.4) is 0 Å². The highest BCUT2D eigenvalue weighted by Gasteiger charge is 2.24. The van der Waals surface area contributed by atoms with Crippen LogP contribution < -0.4 is 10.6 Å². The number of anilines is 2. The maximum atomic E-state index is 12.3. The van der Waals surface area contributed by atoms with Crippen molar-refractivity contribution in [2.45, 2.75) is 20.0 Å². The number of nitrogens with zero attached hydrogens (tertiary/aromatic N) is 1. The fraction of sp³-hybridized carbons (Fsp3) is 0.267. The van der Waals surface area contributed by atoms with Crippen LogP contribution in [0.4, 0.5) is 10.7 Å². The van der Waals surface area contributed by atoms with E-state index in [0.29, 0.717) is 27.0 Å². The van der Waals surface area contributed by atoms with Gasteiger partial charge in [0.1, 0.15) is 10.6 Å². The summed E-state index contributed by atoms with van der Waals surface area (Å²) in [7, 11) is 1.68. The molecule has 24 heavy (non-hydrogen) atoms. The maximum Gasteiger partial charge on any atom is 0.343 e. The minimum Gasteiger partial charge on any atom is -0.449 e. The Labute approximate surface area is 153 Å². The van der Waals surface area contributed by atoms with Gasteiger partial charge >= 0.3 is 5.97 Å². The van der Waals surface area contributed by atoms with Gasteiger partial charge in [0.2, 0.25) is 0 Å². The second-order valence-electron chi connectivity index (χ2n) is 4.86. The molecule has 0 spiro atoms. The lowest BCUT2D eigenvalue weighted by molar-refractivity contribution is -0.123. The first-order chi connectivity index (χ1) is 11.3. The summed E-state index contributed by atoms with van der Waals surface area (Å²) < 4.78 is 9.32. The number of amides is 1. The molecule has 128 valence electrons. The number of aryl methyl sites for hydroxylation is 1. The van der Waals surface area contributed by atoms with Crippen molar-refractivity contribution < 1.29 is 14.3 Å². The molecular weight excluding hydrogens is 373 g/mol. The molecule has 2 aromatic rings. The number of carbonyl (C=O) groups is 2. The van der Waals surface area contributed by atoms with Gasteiger partial charge in [0, 0.05) is 7.05 Å². The fourth-order valence-corrected chi connectivity index (χ4v) is 2.97. The van der Waals surface area contributed by atoms with E-state index in [1.165, 1.54) is 6.92 Å². The van der Waals surface area contributed by atoms with E-state index in [4.69, 9.17) is 27.9 Å². The molecule has 1 unspecified atom stereocenters. The van der Waals surface area contributed by atoms with E-state index in [-0.39, 0.29) is 5.02 Å². The van der Waals surface area contributed by atoms with Crippen molar-refractivity contribution in [1.29, 1.82) is 0 Å². The molecule has 9 heteroatoms. The largest absolute Gasteiger partial charge is 0.449 e. The van der Waals surface area contributed by atoms with Crippen LogP contribution in [0.2, 0.25) is 10.0 Å². The summed E-state index contributed by atoms with van der Waals surface area (Å²) in [5, 5.41) is 6.59. The zero-order chi connectivity index (χ0) is 17.9. The van der Waals surface area contributed by atoms with Gasteiger partial charge in [0.15, 0.2) is 6.10 Å². The van der Waals surface area contributed by atoms with Gasteiger partial charge in [-0.3, -0.25) is 4.79 Å². The van der Waals surface area contributed by atoms with E-state index >= 15 is 0 Å². The maximum absolute atomic E-state index is 12.3. The van der Waals surface area contributed by atoms with Gasteiger partial charge in [-0.15, -0.1) is 0 Å². The summed E-state index contributed by atoms with van der Waals surface area (Å²) in [5.41, 5.74) is 1.21. The topological polar surface area (TPSA) is 80.3 Å². The molecule has 0 saturated carbocycles. The van der Waals surface area contributed by atoms with Crippen LogP contribution in [0.1, 0.15) is 23.0 Å². The van der Waals surface area contributed by atoms with Crippen LogP contribution in [0, 0.1) is 6.92 Å². The van der Waals surface area contributed by atoms with Crippen LogP contribution >= 0.6 is 34.7 Å². The number of aromatic nitrogens is 1. The first-order valence-electron chi connectivity index (χ1n) is 6.95. The summed E-state index contributed by atoms with van der Waals surface area (Å²) in [4.78, 5) is 24.5. The van der Waals surface area contributed by atoms with E-state index in [0.717, 1.165) is 11.5 Å². The Hall–Kier alpha value is -1.83. The van der Waals surface area contributed by atoms with Crippen LogP contribution in [0.15, 0.2) is 18.2 Å². The highest BCUT2D eigenvalue weighted by Crippen LogP contribution is 2.30. The summed E-state index contributed by atoms with van der Waals surface area (Å²) in [6, 6.07) is 4.86. The molecule has 1 amide bonds. The van der Waals surface area contributed by atoms with Crippen molar-refractivity contribution in [3.05, 3.63) is 39.5 Å². The number of rotatable bonds is 5. The standard InChI is InChI=1S/C15H15Cl2N3O3S/c1-7-11(14(18-3)24-20-7)15(22)23-8(2)13(21)19-10-6-4-5-9(16)12(10)17/h4-6,8,18H,1-3H3,(H,19,21). The molecule has 2 N–H and O–H groups in total. The number of esters is 1. The zero-order valence-electron chi connectivity index (χ0n) is 13.1. The molecule has 0 saturated heterocycles. The minimum absolute atomic E-state index is 0.224. The molecule has 1 aromatic heterocycles. The number of hydrogen-bond acceptors (Lipinski definition) is 6. The average molecular weight is 388 g/mol. The molecule has 0 aliphatic carbocycles. The lowest BCUT2D eigenvalue weighted by Gasteiger charge is -2.15. The molecule has 1 atom stereocenters. The summed E-state index contributed by atoms with van der Waals surface area (Å²) >= 11 is 13.1. The Morgan fingerprint density at radius 1 is 1.33 bits per heavy atom. The van der Waals surface area contributed by atoms with Crippen molar-refractivity contribution in [3.63, 3.8) is 0 Å².